The minimum atomic E-state index is -0.364. The molecule has 1 aliphatic carbocycles. The van der Waals surface area contributed by atoms with Crippen molar-refractivity contribution in [2.24, 2.45) is 0 Å². The van der Waals surface area contributed by atoms with Gasteiger partial charge in [-0.05, 0) is 49.3 Å². The van der Waals surface area contributed by atoms with Crippen molar-refractivity contribution in [2.45, 2.75) is 44.8 Å². The minimum absolute atomic E-state index is 0.0647. The van der Waals surface area contributed by atoms with Gasteiger partial charge in [-0.15, -0.1) is 0 Å². The van der Waals surface area contributed by atoms with Gasteiger partial charge >= 0.3 is 5.69 Å². The highest BCUT2D eigenvalue weighted by Gasteiger charge is 2.25. The molecule has 1 saturated heterocycles. The molecular weight excluding hydrogens is 246 g/mol. The van der Waals surface area contributed by atoms with E-state index < -0.39 is 0 Å². The van der Waals surface area contributed by atoms with Crippen molar-refractivity contribution in [3.8, 4) is 5.75 Å². The molecule has 1 atom stereocenters. The third-order valence-corrected chi connectivity index (χ3v) is 3.77. The smallest absolute Gasteiger partial charge is 0.311 e. The van der Waals surface area contributed by atoms with Crippen LogP contribution in [0.4, 0.5) is 5.69 Å². The van der Waals surface area contributed by atoms with E-state index in [1.54, 1.807) is 6.07 Å². The highest BCUT2D eigenvalue weighted by molar-refractivity contribution is 5.53. The summed E-state index contributed by atoms with van der Waals surface area (Å²) < 4.78 is 11.2. The minimum Gasteiger partial charge on any atom is -0.458 e. The van der Waals surface area contributed by atoms with Crippen LogP contribution in [0.3, 0.4) is 0 Å². The molecular formula is C14H17NO4. The zero-order chi connectivity index (χ0) is 13.2. The second kappa shape index (κ2) is 5.17. The lowest BCUT2D eigenvalue weighted by Crippen LogP contribution is -2.25. The molecule has 1 fully saturated rings. The summed E-state index contributed by atoms with van der Waals surface area (Å²) in [5, 5.41) is 11.1. The average Bonchev–Trinajstić information content (AvgIpc) is 2.86. The Morgan fingerprint density at radius 2 is 2.00 bits per heavy atom. The molecule has 102 valence electrons. The summed E-state index contributed by atoms with van der Waals surface area (Å²) in [5.41, 5.74) is 2.33. The molecule has 1 heterocycles. The van der Waals surface area contributed by atoms with Crippen molar-refractivity contribution in [1.82, 2.24) is 0 Å². The maximum Gasteiger partial charge on any atom is 0.311 e. The summed E-state index contributed by atoms with van der Waals surface area (Å²) in [7, 11) is 0. The SMILES string of the molecule is O=[N+]([O-])c1cc2c(cc1OC1CCCCO1)CCC2. The molecule has 1 unspecified atom stereocenters. The first-order chi connectivity index (χ1) is 9.24. The number of nitro benzene ring substituents is 1. The zero-order valence-corrected chi connectivity index (χ0v) is 10.8. The Kier molecular flexibility index (Phi) is 3.38. The highest BCUT2D eigenvalue weighted by atomic mass is 16.7. The second-order valence-corrected chi connectivity index (χ2v) is 5.11. The number of ether oxygens (including phenoxy) is 2. The number of rotatable bonds is 3. The van der Waals surface area contributed by atoms with E-state index in [2.05, 4.69) is 0 Å². The van der Waals surface area contributed by atoms with Crippen LogP contribution in [0.1, 0.15) is 36.8 Å². The Bertz CT molecular complexity index is 494. The van der Waals surface area contributed by atoms with Gasteiger partial charge in [0.2, 0.25) is 5.75 Å². The number of nitrogens with zero attached hydrogens (tertiary/aromatic N) is 1. The monoisotopic (exact) mass is 263 g/mol. The van der Waals surface area contributed by atoms with Gasteiger partial charge in [-0.25, -0.2) is 0 Å². The van der Waals surface area contributed by atoms with E-state index in [1.165, 1.54) is 5.56 Å². The van der Waals surface area contributed by atoms with Crippen LogP contribution < -0.4 is 4.74 Å². The molecule has 0 saturated carbocycles. The molecule has 1 aromatic rings. The van der Waals surface area contributed by atoms with Crippen molar-refractivity contribution in [3.05, 3.63) is 33.4 Å². The predicted molar refractivity (Wildman–Crippen MR) is 69.3 cm³/mol. The van der Waals surface area contributed by atoms with E-state index in [0.29, 0.717) is 12.4 Å². The van der Waals surface area contributed by atoms with E-state index in [1.807, 2.05) is 6.07 Å². The first-order valence-electron chi connectivity index (χ1n) is 6.82. The molecule has 5 heteroatoms. The molecule has 3 rings (SSSR count). The normalized spacial score (nSPS) is 22.0. The van der Waals surface area contributed by atoms with Crippen LogP contribution in [0, 0.1) is 10.1 Å². The fourth-order valence-electron chi connectivity index (χ4n) is 2.77. The maximum absolute atomic E-state index is 11.1. The molecule has 0 amide bonds. The van der Waals surface area contributed by atoms with Gasteiger partial charge in [0.15, 0.2) is 6.29 Å². The van der Waals surface area contributed by atoms with Crippen LogP contribution in [0.25, 0.3) is 0 Å². The first-order valence-corrected chi connectivity index (χ1v) is 6.82. The Labute approximate surface area is 111 Å². The Balaban J connectivity index is 1.87. The lowest BCUT2D eigenvalue weighted by Gasteiger charge is -2.23. The summed E-state index contributed by atoms with van der Waals surface area (Å²) in [6, 6.07) is 3.50. The molecule has 19 heavy (non-hydrogen) atoms. The standard InChI is InChI=1S/C14H17NO4/c16-15(17)12-8-10-4-3-5-11(10)9-13(12)19-14-6-1-2-7-18-14/h8-9,14H,1-7H2. The van der Waals surface area contributed by atoms with E-state index in [-0.39, 0.29) is 16.9 Å². The van der Waals surface area contributed by atoms with Crippen molar-refractivity contribution in [1.29, 1.82) is 0 Å². The van der Waals surface area contributed by atoms with Crippen LogP contribution in [-0.4, -0.2) is 17.8 Å². The summed E-state index contributed by atoms with van der Waals surface area (Å²) in [6.45, 7) is 0.670. The summed E-state index contributed by atoms with van der Waals surface area (Å²) >= 11 is 0. The average molecular weight is 263 g/mol. The van der Waals surface area contributed by atoms with Crippen molar-refractivity contribution in [3.63, 3.8) is 0 Å². The van der Waals surface area contributed by atoms with Gasteiger partial charge in [0.1, 0.15) is 0 Å². The van der Waals surface area contributed by atoms with Crippen molar-refractivity contribution < 1.29 is 14.4 Å². The van der Waals surface area contributed by atoms with E-state index in [9.17, 15) is 10.1 Å². The van der Waals surface area contributed by atoms with E-state index >= 15 is 0 Å². The van der Waals surface area contributed by atoms with Crippen LogP contribution in [0.15, 0.2) is 12.1 Å². The topological polar surface area (TPSA) is 61.6 Å². The largest absolute Gasteiger partial charge is 0.458 e. The fourth-order valence-corrected chi connectivity index (χ4v) is 2.77. The van der Waals surface area contributed by atoms with E-state index in [0.717, 1.165) is 44.1 Å². The van der Waals surface area contributed by atoms with Gasteiger partial charge < -0.3 is 9.47 Å². The quantitative estimate of drug-likeness (QED) is 0.621. The molecule has 0 radical (unpaired) electrons. The van der Waals surface area contributed by atoms with Gasteiger partial charge in [0.25, 0.3) is 0 Å². The third kappa shape index (κ3) is 2.56. The van der Waals surface area contributed by atoms with Gasteiger partial charge in [0, 0.05) is 12.5 Å². The van der Waals surface area contributed by atoms with Crippen LogP contribution in [-0.2, 0) is 17.6 Å². The zero-order valence-electron chi connectivity index (χ0n) is 10.8. The van der Waals surface area contributed by atoms with Gasteiger partial charge in [-0.1, -0.05) is 0 Å². The van der Waals surface area contributed by atoms with Gasteiger partial charge in [0.05, 0.1) is 11.5 Å². The maximum atomic E-state index is 11.1. The Morgan fingerprint density at radius 3 is 2.68 bits per heavy atom. The third-order valence-electron chi connectivity index (χ3n) is 3.77. The fraction of sp³-hybridized carbons (Fsp3) is 0.571. The molecule has 5 nitrogen and oxygen atoms in total. The number of hydrogen-bond donors (Lipinski definition) is 0. The molecule has 0 N–H and O–H groups in total. The molecule has 0 aromatic heterocycles. The molecule has 0 spiro atoms. The summed E-state index contributed by atoms with van der Waals surface area (Å²) in [4.78, 5) is 10.8. The van der Waals surface area contributed by atoms with Gasteiger partial charge in [-0.3, -0.25) is 10.1 Å². The highest BCUT2D eigenvalue weighted by Crippen LogP contribution is 2.36. The number of hydrogen-bond acceptors (Lipinski definition) is 4. The second-order valence-electron chi connectivity index (χ2n) is 5.11. The lowest BCUT2D eigenvalue weighted by atomic mass is 10.1. The number of nitro groups is 1. The van der Waals surface area contributed by atoms with E-state index in [4.69, 9.17) is 9.47 Å². The Morgan fingerprint density at radius 1 is 1.21 bits per heavy atom. The molecule has 1 aromatic carbocycles. The first kappa shape index (κ1) is 12.4. The van der Waals surface area contributed by atoms with Crippen LogP contribution >= 0.6 is 0 Å². The van der Waals surface area contributed by atoms with Crippen LogP contribution in [0.5, 0.6) is 5.75 Å². The number of fused-ring (bicyclic) bond motifs is 1. The van der Waals surface area contributed by atoms with Gasteiger partial charge in [-0.2, -0.15) is 0 Å². The molecule has 1 aliphatic heterocycles. The number of benzene rings is 1. The van der Waals surface area contributed by atoms with Crippen molar-refractivity contribution in [2.75, 3.05) is 6.61 Å². The predicted octanol–water partition coefficient (Wildman–Crippen LogP) is 2.99. The summed E-state index contributed by atoms with van der Waals surface area (Å²) in [5.74, 6) is 0.359. The summed E-state index contributed by atoms with van der Waals surface area (Å²) in [6.07, 6.45) is 5.51. The number of aryl methyl sites for hydroxylation is 2. The van der Waals surface area contributed by atoms with Crippen molar-refractivity contribution >= 4 is 5.69 Å². The molecule has 0 bridgehead atoms. The molecule has 2 aliphatic rings. The lowest BCUT2D eigenvalue weighted by molar-refractivity contribution is -0.386. The Hall–Kier alpha value is -1.62. The van der Waals surface area contributed by atoms with Crippen LogP contribution in [0.2, 0.25) is 0 Å².